The van der Waals surface area contributed by atoms with E-state index >= 15 is 0 Å². The van der Waals surface area contributed by atoms with Crippen LogP contribution in [0.2, 0.25) is 0 Å². The van der Waals surface area contributed by atoms with Gasteiger partial charge < -0.3 is 10.2 Å². The van der Waals surface area contributed by atoms with Crippen molar-refractivity contribution in [2.45, 2.75) is 38.1 Å². The summed E-state index contributed by atoms with van der Waals surface area (Å²) in [6.07, 6.45) is 7.31. The maximum atomic E-state index is 3.25. The number of nitrogens with one attached hydrogen (secondary N) is 1. The van der Waals surface area contributed by atoms with E-state index in [2.05, 4.69) is 17.3 Å². The Morgan fingerprint density at radius 3 is 1.92 bits per heavy atom. The van der Waals surface area contributed by atoms with Crippen LogP contribution in [0.25, 0.3) is 0 Å². The molecule has 2 aliphatic rings. The topological polar surface area (TPSA) is 15.3 Å². The van der Waals surface area contributed by atoms with Gasteiger partial charge in [0.1, 0.15) is 0 Å². The average Bonchev–Trinajstić information content (AvgIpc) is 2.31. The Hall–Kier alpha value is -0.0800. The fourth-order valence-electron chi connectivity index (χ4n) is 1.42. The Kier molecular flexibility index (Phi) is 4.62. The zero-order valence-corrected chi connectivity index (χ0v) is 8.47. The van der Waals surface area contributed by atoms with Gasteiger partial charge in [-0.05, 0) is 27.1 Å². The minimum absolute atomic E-state index is 0.750. The summed E-state index contributed by atoms with van der Waals surface area (Å²) in [5, 5.41) is 3.25. The lowest BCUT2D eigenvalue weighted by atomic mass is 10.0. The van der Waals surface area contributed by atoms with E-state index in [-0.39, 0.29) is 0 Å². The first-order chi connectivity index (χ1) is 5.83. The first-order valence-electron chi connectivity index (χ1n) is 5.18. The van der Waals surface area contributed by atoms with Crippen LogP contribution in [-0.4, -0.2) is 38.1 Å². The van der Waals surface area contributed by atoms with Crippen LogP contribution in [0.1, 0.15) is 32.1 Å². The van der Waals surface area contributed by atoms with E-state index in [1.165, 1.54) is 45.2 Å². The van der Waals surface area contributed by atoms with Gasteiger partial charge in [-0.15, -0.1) is 0 Å². The highest BCUT2D eigenvalue weighted by Gasteiger charge is 2.16. The molecule has 0 aromatic carbocycles. The minimum atomic E-state index is 0.750. The lowest BCUT2D eigenvalue weighted by Crippen LogP contribution is -2.27. The third kappa shape index (κ3) is 3.55. The molecule has 12 heavy (non-hydrogen) atoms. The van der Waals surface area contributed by atoms with Gasteiger partial charge in [0.25, 0.3) is 0 Å². The zero-order chi connectivity index (χ0) is 8.81. The van der Waals surface area contributed by atoms with Crippen LogP contribution in [0, 0.1) is 0 Å². The molecule has 0 aromatic heterocycles. The fraction of sp³-hybridized carbons (Fsp3) is 1.00. The van der Waals surface area contributed by atoms with Gasteiger partial charge in [-0.3, -0.25) is 0 Å². The summed E-state index contributed by atoms with van der Waals surface area (Å²) in [4.78, 5) is 2.35. The molecule has 1 saturated heterocycles. The monoisotopic (exact) mass is 170 g/mol. The summed E-state index contributed by atoms with van der Waals surface area (Å²) in [5.41, 5.74) is 0. The van der Waals surface area contributed by atoms with Crippen molar-refractivity contribution in [3.8, 4) is 0 Å². The number of hydrogen-bond acceptors (Lipinski definition) is 2. The van der Waals surface area contributed by atoms with Gasteiger partial charge >= 0.3 is 0 Å². The molecule has 0 amide bonds. The minimum Gasteiger partial charge on any atom is -0.316 e. The maximum Gasteiger partial charge on any atom is 0.0204 e. The second kappa shape index (κ2) is 5.55. The first kappa shape index (κ1) is 10.0. The molecule has 2 nitrogen and oxygen atoms in total. The van der Waals surface area contributed by atoms with Gasteiger partial charge in [0.2, 0.25) is 0 Å². The lowest BCUT2D eigenvalue weighted by molar-refractivity contribution is 0.403. The highest BCUT2D eigenvalue weighted by Crippen LogP contribution is 2.15. The molecule has 2 fully saturated rings. The van der Waals surface area contributed by atoms with Gasteiger partial charge in [-0.2, -0.15) is 0 Å². The molecular weight excluding hydrogens is 148 g/mol. The second-order valence-electron chi connectivity index (χ2n) is 3.95. The standard InChI is InChI=1S/C6H14N2.C4H8/c1-7-6-3-4-8(2)5-6;1-2-4-3-1/h6-7H,3-5H2,1-2H3;1-4H2. The van der Waals surface area contributed by atoms with Crippen LogP contribution < -0.4 is 5.32 Å². The van der Waals surface area contributed by atoms with E-state index in [0.717, 1.165) is 6.04 Å². The van der Waals surface area contributed by atoms with E-state index < -0.39 is 0 Å². The molecule has 1 atom stereocenters. The Balaban J connectivity index is 0.000000150. The third-order valence-corrected chi connectivity index (χ3v) is 2.80. The quantitative estimate of drug-likeness (QED) is 0.641. The normalized spacial score (nSPS) is 29.0. The van der Waals surface area contributed by atoms with Crippen LogP contribution in [0.5, 0.6) is 0 Å². The Morgan fingerprint density at radius 2 is 1.75 bits per heavy atom. The van der Waals surface area contributed by atoms with Crippen molar-refractivity contribution in [2.75, 3.05) is 27.2 Å². The van der Waals surface area contributed by atoms with Crippen molar-refractivity contribution in [1.82, 2.24) is 10.2 Å². The van der Waals surface area contributed by atoms with Crippen molar-refractivity contribution < 1.29 is 0 Å². The molecule has 1 N–H and O–H groups in total. The van der Waals surface area contributed by atoms with Gasteiger partial charge in [-0.1, -0.05) is 25.7 Å². The fourth-order valence-corrected chi connectivity index (χ4v) is 1.42. The summed E-state index contributed by atoms with van der Waals surface area (Å²) in [6, 6.07) is 0.750. The molecule has 1 aliphatic heterocycles. The van der Waals surface area contributed by atoms with E-state index in [9.17, 15) is 0 Å². The van der Waals surface area contributed by atoms with Crippen molar-refractivity contribution in [2.24, 2.45) is 0 Å². The number of nitrogens with zero attached hydrogens (tertiary/aromatic N) is 1. The van der Waals surface area contributed by atoms with Gasteiger partial charge in [0.15, 0.2) is 0 Å². The van der Waals surface area contributed by atoms with Gasteiger partial charge in [0, 0.05) is 12.6 Å². The molecule has 1 heterocycles. The average molecular weight is 170 g/mol. The van der Waals surface area contributed by atoms with Crippen molar-refractivity contribution in [1.29, 1.82) is 0 Å². The summed E-state index contributed by atoms with van der Waals surface area (Å²) < 4.78 is 0. The van der Waals surface area contributed by atoms with Crippen LogP contribution in [0.4, 0.5) is 0 Å². The highest BCUT2D eigenvalue weighted by molar-refractivity contribution is 4.76. The summed E-state index contributed by atoms with van der Waals surface area (Å²) in [7, 11) is 4.20. The lowest BCUT2D eigenvalue weighted by Gasteiger charge is -2.07. The Morgan fingerprint density at radius 1 is 1.17 bits per heavy atom. The van der Waals surface area contributed by atoms with Crippen LogP contribution in [0.15, 0.2) is 0 Å². The molecule has 2 rings (SSSR count). The van der Waals surface area contributed by atoms with Crippen molar-refractivity contribution >= 4 is 0 Å². The second-order valence-corrected chi connectivity index (χ2v) is 3.95. The van der Waals surface area contributed by atoms with Gasteiger partial charge in [0.05, 0.1) is 0 Å². The largest absolute Gasteiger partial charge is 0.316 e. The summed E-state index contributed by atoms with van der Waals surface area (Å²) >= 11 is 0. The molecule has 72 valence electrons. The smallest absolute Gasteiger partial charge is 0.0204 e. The van der Waals surface area contributed by atoms with Crippen LogP contribution >= 0.6 is 0 Å². The molecule has 0 radical (unpaired) electrons. The van der Waals surface area contributed by atoms with E-state index in [1.54, 1.807) is 0 Å². The Labute approximate surface area is 76.3 Å². The van der Waals surface area contributed by atoms with Crippen LogP contribution in [-0.2, 0) is 0 Å². The van der Waals surface area contributed by atoms with E-state index in [0.29, 0.717) is 0 Å². The molecular formula is C10H22N2. The third-order valence-electron chi connectivity index (χ3n) is 2.80. The maximum absolute atomic E-state index is 3.25. The van der Waals surface area contributed by atoms with Crippen molar-refractivity contribution in [3.63, 3.8) is 0 Å². The molecule has 1 saturated carbocycles. The number of rotatable bonds is 1. The molecule has 0 bridgehead atoms. The zero-order valence-electron chi connectivity index (χ0n) is 8.47. The van der Waals surface area contributed by atoms with E-state index in [4.69, 9.17) is 0 Å². The highest BCUT2D eigenvalue weighted by atomic mass is 15.2. The molecule has 1 aliphatic carbocycles. The molecule has 0 spiro atoms. The number of likely N-dealkylation sites (N-methyl/N-ethyl adjacent to an activating group) is 2. The molecule has 0 aromatic rings. The number of likely N-dealkylation sites (tertiary alicyclic amines) is 1. The first-order valence-corrected chi connectivity index (χ1v) is 5.18. The molecule has 2 heteroatoms. The molecule has 1 unspecified atom stereocenters. The van der Waals surface area contributed by atoms with Gasteiger partial charge in [-0.25, -0.2) is 0 Å². The predicted octanol–water partition coefficient (Wildman–Crippen LogP) is 1.47. The SMILES string of the molecule is C1CCC1.CNC1CCN(C)C1. The number of hydrogen-bond donors (Lipinski definition) is 1. The van der Waals surface area contributed by atoms with E-state index in [1.807, 2.05) is 7.05 Å². The summed E-state index contributed by atoms with van der Waals surface area (Å²) in [5.74, 6) is 0. The predicted molar refractivity (Wildman–Crippen MR) is 53.4 cm³/mol. The van der Waals surface area contributed by atoms with Crippen molar-refractivity contribution in [3.05, 3.63) is 0 Å². The summed E-state index contributed by atoms with van der Waals surface area (Å²) in [6.45, 7) is 2.47. The van der Waals surface area contributed by atoms with Crippen LogP contribution in [0.3, 0.4) is 0 Å². The Bertz CT molecular complexity index is 106.